The predicted molar refractivity (Wildman–Crippen MR) is 160 cm³/mol. The molecule has 0 bridgehead atoms. The van der Waals surface area contributed by atoms with Crippen molar-refractivity contribution in [2.45, 2.75) is 69.7 Å². The Bertz CT molecular complexity index is 1470. The first-order valence-electron chi connectivity index (χ1n) is 14.8. The zero-order chi connectivity index (χ0) is 29.3. The van der Waals surface area contributed by atoms with Gasteiger partial charge in [-0.3, -0.25) is 9.59 Å². The van der Waals surface area contributed by atoms with E-state index in [4.69, 9.17) is 9.97 Å². The van der Waals surface area contributed by atoms with Crippen molar-refractivity contribution in [2.75, 3.05) is 19.8 Å². The smallest absolute Gasteiger partial charge is 0.178 e. The Balaban J connectivity index is 1.28. The highest BCUT2D eigenvalue weighted by Crippen LogP contribution is 2.68. The fraction of sp³-hybridized carbons (Fsp3) is 0.576. The van der Waals surface area contributed by atoms with E-state index in [0.717, 1.165) is 40.8 Å². The topological polar surface area (TPSA) is 104 Å². The van der Waals surface area contributed by atoms with Gasteiger partial charge in [-0.05, 0) is 75.8 Å². The molecule has 2 N–H and O–H groups in total. The van der Waals surface area contributed by atoms with Gasteiger partial charge in [0.2, 0.25) is 0 Å². The number of fused-ring (bicyclic) bond motifs is 6. The van der Waals surface area contributed by atoms with Gasteiger partial charge in [0, 0.05) is 22.1 Å². The van der Waals surface area contributed by atoms with Gasteiger partial charge in [0.25, 0.3) is 0 Å². The maximum atomic E-state index is 14.1. The predicted octanol–water partition coefficient (Wildman–Crippen LogP) is 4.61. The Morgan fingerprint density at radius 2 is 1.95 bits per heavy atom. The summed E-state index contributed by atoms with van der Waals surface area (Å²) >= 11 is 1.37. The molecule has 8 atom stereocenters. The maximum absolute atomic E-state index is 14.1. The zero-order valence-corrected chi connectivity index (χ0v) is 25.4. The van der Waals surface area contributed by atoms with Gasteiger partial charge < -0.3 is 15.1 Å². The van der Waals surface area contributed by atoms with Crippen LogP contribution in [0.5, 0.6) is 0 Å². The summed E-state index contributed by atoms with van der Waals surface area (Å²) in [5.41, 5.74) is -0.705. The van der Waals surface area contributed by atoms with E-state index in [2.05, 4.69) is 6.92 Å². The maximum Gasteiger partial charge on any atom is 0.178 e. The summed E-state index contributed by atoms with van der Waals surface area (Å²) in [5.74, 6) is 0.647. The fourth-order valence-corrected chi connectivity index (χ4v) is 10.0. The van der Waals surface area contributed by atoms with Gasteiger partial charge in [-0.25, -0.2) is 9.97 Å². The minimum atomic E-state index is -1.54. The number of nitrogens with zero attached hydrogens (tertiary/aromatic N) is 3. The van der Waals surface area contributed by atoms with Crippen LogP contribution in [0.25, 0.3) is 10.9 Å². The van der Waals surface area contributed by atoms with Crippen LogP contribution in [0.1, 0.15) is 52.3 Å². The fourth-order valence-electron chi connectivity index (χ4n) is 9.05. The molecular formula is C33H41N3O4S. The molecule has 0 spiro atoms. The van der Waals surface area contributed by atoms with Gasteiger partial charge in [0.1, 0.15) is 16.5 Å². The lowest BCUT2D eigenvalue weighted by molar-refractivity contribution is -0.179. The highest BCUT2D eigenvalue weighted by Gasteiger charge is 2.70. The van der Waals surface area contributed by atoms with Gasteiger partial charge in [0.05, 0.1) is 23.9 Å². The standard InChI is InChI=1S/C33H41N3O4S/c1-19-14-24-22-11-10-20-15-21(37)12-13-31(20,2)29(22)26(38)16-32(24,3)33(19,40)27(39)18-41-30-23-8-6-7-9-25(23)34-28(35-30)17-36(4)5/h6-9,12-13,15,19,22,24,26,29,38,40H,10-11,14,16-18H2,1-5H3/t19-,22?,24?,26+,29?,31?,32?,33+/m1/s1. The van der Waals surface area contributed by atoms with Crippen molar-refractivity contribution in [1.29, 1.82) is 0 Å². The summed E-state index contributed by atoms with van der Waals surface area (Å²) in [6.07, 6.45) is 7.49. The van der Waals surface area contributed by atoms with Crippen LogP contribution in [0, 0.1) is 34.5 Å². The molecule has 3 fully saturated rings. The van der Waals surface area contributed by atoms with Crippen molar-refractivity contribution in [1.82, 2.24) is 14.9 Å². The van der Waals surface area contributed by atoms with E-state index in [-0.39, 0.29) is 46.4 Å². The van der Waals surface area contributed by atoms with E-state index in [1.54, 1.807) is 12.2 Å². The quantitative estimate of drug-likeness (QED) is 0.380. The van der Waals surface area contributed by atoms with Gasteiger partial charge in [0.15, 0.2) is 11.6 Å². The molecule has 2 aromatic rings. The van der Waals surface area contributed by atoms with Crippen LogP contribution in [0.4, 0.5) is 0 Å². The molecule has 1 aromatic carbocycles. The molecule has 0 aliphatic heterocycles. The summed E-state index contributed by atoms with van der Waals surface area (Å²) < 4.78 is 0. The van der Waals surface area contributed by atoms with Crippen molar-refractivity contribution >= 4 is 34.2 Å². The summed E-state index contributed by atoms with van der Waals surface area (Å²) in [7, 11) is 3.94. The van der Waals surface area contributed by atoms with Crippen LogP contribution in [0.15, 0.2) is 53.1 Å². The number of hydrogen-bond acceptors (Lipinski definition) is 8. The second kappa shape index (κ2) is 10.1. The Kier molecular flexibility index (Phi) is 7.08. The molecule has 4 aliphatic carbocycles. The first-order chi connectivity index (χ1) is 19.4. The molecule has 218 valence electrons. The van der Waals surface area contributed by atoms with Gasteiger partial charge in [-0.2, -0.15) is 0 Å². The molecule has 4 aliphatic rings. The van der Waals surface area contributed by atoms with E-state index in [1.807, 2.05) is 63.2 Å². The van der Waals surface area contributed by atoms with Gasteiger partial charge in [-0.15, -0.1) is 0 Å². The summed E-state index contributed by atoms with van der Waals surface area (Å²) in [6.45, 7) is 6.77. The molecule has 1 heterocycles. The monoisotopic (exact) mass is 575 g/mol. The van der Waals surface area contributed by atoms with Crippen molar-refractivity contribution in [3.05, 3.63) is 53.9 Å². The van der Waals surface area contributed by atoms with Gasteiger partial charge in [-0.1, -0.05) is 62.4 Å². The van der Waals surface area contributed by atoms with Crippen LogP contribution in [0.3, 0.4) is 0 Å². The normalized spacial score (nSPS) is 38.0. The van der Waals surface area contributed by atoms with Crippen LogP contribution in [-0.2, 0) is 16.1 Å². The average Bonchev–Trinajstić information content (AvgIpc) is 3.12. The lowest BCUT2D eigenvalue weighted by atomic mass is 9.46. The minimum Gasteiger partial charge on any atom is -0.393 e. The number of benzene rings is 1. The number of allylic oxidation sites excluding steroid dienone is 4. The molecular weight excluding hydrogens is 534 g/mol. The number of ketones is 2. The third kappa shape index (κ3) is 4.36. The molecule has 8 heteroatoms. The highest BCUT2D eigenvalue weighted by molar-refractivity contribution is 8.00. The van der Waals surface area contributed by atoms with E-state index in [1.165, 1.54) is 11.8 Å². The first-order valence-corrected chi connectivity index (χ1v) is 15.8. The molecule has 3 saturated carbocycles. The lowest BCUT2D eigenvalue weighted by Gasteiger charge is -2.59. The SMILES string of the molecule is C[C@@H]1CC2C3CCC4=CC(=O)C=CC4(C)C3[C@@H](O)CC2(C)[C@@]1(O)C(=O)CSc1nc(CN(C)C)nc2ccccc12. The number of aromatic nitrogens is 2. The summed E-state index contributed by atoms with van der Waals surface area (Å²) in [4.78, 5) is 37.8. The number of para-hydroxylation sites is 1. The molecule has 1 aromatic heterocycles. The van der Waals surface area contributed by atoms with Crippen LogP contribution in [0.2, 0.25) is 0 Å². The number of carbonyl (C=O) groups excluding carboxylic acids is 2. The molecule has 7 nitrogen and oxygen atoms in total. The average molecular weight is 576 g/mol. The van der Waals surface area contributed by atoms with E-state index in [0.29, 0.717) is 18.8 Å². The summed E-state index contributed by atoms with van der Waals surface area (Å²) in [6, 6.07) is 7.83. The van der Waals surface area contributed by atoms with Crippen molar-refractivity contribution in [3.8, 4) is 0 Å². The second-order valence-electron chi connectivity index (χ2n) is 13.5. The van der Waals surface area contributed by atoms with Crippen LogP contribution >= 0.6 is 11.8 Å². The molecule has 6 rings (SSSR count). The third-order valence-electron chi connectivity index (χ3n) is 10.9. The second-order valence-corrected chi connectivity index (χ2v) is 14.5. The molecule has 0 saturated heterocycles. The van der Waals surface area contributed by atoms with Crippen molar-refractivity contribution < 1.29 is 19.8 Å². The molecule has 0 radical (unpaired) electrons. The minimum absolute atomic E-state index is 0.0170. The largest absolute Gasteiger partial charge is 0.393 e. The van der Waals surface area contributed by atoms with Gasteiger partial charge >= 0.3 is 0 Å². The molecule has 0 amide bonds. The lowest BCUT2D eigenvalue weighted by Crippen LogP contribution is -2.62. The van der Waals surface area contributed by atoms with Crippen LogP contribution in [-0.4, -0.2) is 68.2 Å². The Hall–Kier alpha value is -2.39. The van der Waals surface area contributed by atoms with E-state index < -0.39 is 17.1 Å². The summed E-state index contributed by atoms with van der Waals surface area (Å²) in [5, 5.41) is 25.8. The van der Waals surface area contributed by atoms with E-state index >= 15 is 0 Å². The Morgan fingerprint density at radius 3 is 2.71 bits per heavy atom. The number of aliphatic hydroxyl groups excluding tert-OH is 1. The highest BCUT2D eigenvalue weighted by atomic mass is 32.2. The number of hydrogen-bond donors (Lipinski definition) is 2. The van der Waals surface area contributed by atoms with E-state index in [9.17, 15) is 19.8 Å². The number of carbonyl (C=O) groups is 2. The first kappa shape index (κ1) is 28.7. The third-order valence-corrected chi connectivity index (χ3v) is 11.9. The number of thioether (sulfide) groups is 1. The number of Topliss-reactive ketones (excluding diaryl/α,β-unsaturated/α-hetero) is 1. The number of rotatable bonds is 6. The van der Waals surface area contributed by atoms with Crippen molar-refractivity contribution in [2.24, 2.45) is 34.5 Å². The van der Waals surface area contributed by atoms with Crippen molar-refractivity contribution in [3.63, 3.8) is 0 Å². The Labute approximate surface area is 246 Å². The molecule has 5 unspecified atom stereocenters. The number of aliphatic hydroxyl groups is 2. The Morgan fingerprint density at radius 1 is 1.20 bits per heavy atom. The molecule has 41 heavy (non-hydrogen) atoms. The van der Waals surface area contributed by atoms with Crippen LogP contribution < -0.4 is 0 Å². The zero-order valence-electron chi connectivity index (χ0n) is 24.6.